The van der Waals surface area contributed by atoms with Crippen molar-refractivity contribution in [3.05, 3.63) is 30.2 Å². The Morgan fingerprint density at radius 1 is 1.37 bits per heavy atom. The summed E-state index contributed by atoms with van der Waals surface area (Å²) in [6.07, 6.45) is 6.37. The molecule has 0 radical (unpaired) electrons. The fourth-order valence-electron chi connectivity index (χ4n) is 3.03. The number of nitrogen functional groups attached to an aromatic ring is 1. The summed E-state index contributed by atoms with van der Waals surface area (Å²) in [4.78, 5) is 6.37. The van der Waals surface area contributed by atoms with Crippen LogP contribution in [0.1, 0.15) is 25.7 Å². The van der Waals surface area contributed by atoms with E-state index < -0.39 is 0 Å². The van der Waals surface area contributed by atoms with E-state index >= 15 is 0 Å². The van der Waals surface area contributed by atoms with Gasteiger partial charge < -0.3 is 10.6 Å². The average Bonchev–Trinajstić information content (AvgIpc) is 2.92. The van der Waals surface area contributed by atoms with Gasteiger partial charge in [0.1, 0.15) is 0 Å². The highest BCUT2D eigenvalue weighted by atomic mass is 19.1. The molecule has 0 saturated heterocycles. The number of aromatic nitrogens is 1. The number of halogens is 1. The Bertz CT molecular complexity index is 606. The van der Waals surface area contributed by atoms with Gasteiger partial charge in [-0.15, -0.1) is 0 Å². The van der Waals surface area contributed by atoms with Crippen LogP contribution in [0.15, 0.2) is 24.4 Å². The Kier molecular flexibility index (Phi) is 3.01. The molecule has 1 aliphatic carbocycles. The summed E-state index contributed by atoms with van der Waals surface area (Å²) in [5.41, 5.74) is 7.57. The minimum Gasteiger partial charge on any atom is -0.398 e. The van der Waals surface area contributed by atoms with Crippen LogP contribution in [-0.2, 0) is 0 Å². The normalized spacial score (nSPS) is 16.1. The molecule has 1 aromatic carbocycles. The summed E-state index contributed by atoms with van der Waals surface area (Å²) in [6, 6.07) is 5.53. The number of nitrogens with zero attached hydrogens (tertiary/aromatic N) is 2. The molecule has 0 spiro atoms. The van der Waals surface area contributed by atoms with Gasteiger partial charge in [0, 0.05) is 30.4 Å². The van der Waals surface area contributed by atoms with Gasteiger partial charge in [-0.05, 0) is 31.0 Å². The molecule has 2 N–H and O–H groups in total. The topological polar surface area (TPSA) is 42.1 Å². The van der Waals surface area contributed by atoms with E-state index in [9.17, 15) is 4.39 Å². The lowest BCUT2D eigenvalue weighted by Gasteiger charge is -2.28. The van der Waals surface area contributed by atoms with E-state index in [0.29, 0.717) is 22.9 Å². The first-order valence-electron chi connectivity index (χ1n) is 6.74. The van der Waals surface area contributed by atoms with Crippen LogP contribution in [0.3, 0.4) is 0 Å². The number of hydrogen-bond donors (Lipinski definition) is 1. The highest BCUT2D eigenvalue weighted by Gasteiger charge is 2.24. The molecule has 0 unspecified atom stereocenters. The molecule has 1 saturated carbocycles. The number of benzene rings is 1. The van der Waals surface area contributed by atoms with Crippen LogP contribution in [0.25, 0.3) is 10.9 Å². The van der Waals surface area contributed by atoms with Crippen LogP contribution >= 0.6 is 0 Å². The Balaban J connectivity index is 2.16. The van der Waals surface area contributed by atoms with Crippen molar-refractivity contribution in [2.24, 2.45) is 0 Å². The number of nitrogens with two attached hydrogens (primary N) is 1. The molecule has 100 valence electrons. The van der Waals surface area contributed by atoms with Gasteiger partial charge in [-0.1, -0.05) is 12.8 Å². The molecule has 0 amide bonds. The standard InChI is InChI=1S/C15H18FN3/c1-19(10-5-2-3-6-10)15-12(16)9-13(17)11-7-4-8-18-14(11)15/h4,7-10H,2-3,5-6,17H2,1H3. The monoisotopic (exact) mass is 259 g/mol. The first kappa shape index (κ1) is 12.2. The summed E-state index contributed by atoms with van der Waals surface area (Å²) in [7, 11) is 1.96. The largest absolute Gasteiger partial charge is 0.398 e. The number of pyridine rings is 1. The Morgan fingerprint density at radius 2 is 2.11 bits per heavy atom. The van der Waals surface area contributed by atoms with Crippen molar-refractivity contribution in [2.45, 2.75) is 31.7 Å². The van der Waals surface area contributed by atoms with E-state index in [1.165, 1.54) is 18.9 Å². The van der Waals surface area contributed by atoms with Gasteiger partial charge in [-0.3, -0.25) is 4.98 Å². The maximum Gasteiger partial charge on any atom is 0.150 e. The highest BCUT2D eigenvalue weighted by molar-refractivity contribution is 5.98. The molecule has 1 fully saturated rings. The first-order valence-corrected chi connectivity index (χ1v) is 6.74. The molecule has 3 nitrogen and oxygen atoms in total. The third-order valence-electron chi connectivity index (χ3n) is 4.08. The third kappa shape index (κ3) is 2.01. The molecule has 2 aromatic rings. The lowest BCUT2D eigenvalue weighted by atomic mass is 10.1. The molecule has 1 heterocycles. The van der Waals surface area contributed by atoms with Crippen molar-refractivity contribution in [2.75, 3.05) is 17.7 Å². The number of anilines is 2. The van der Waals surface area contributed by atoms with Crippen molar-refractivity contribution < 1.29 is 4.39 Å². The molecule has 4 heteroatoms. The van der Waals surface area contributed by atoms with Gasteiger partial charge in [0.15, 0.2) is 5.82 Å². The summed E-state index contributed by atoms with van der Waals surface area (Å²) in [5.74, 6) is -0.280. The molecule has 1 aromatic heterocycles. The number of rotatable bonds is 2. The summed E-state index contributed by atoms with van der Waals surface area (Å²) in [6.45, 7) is 0. The summed E-state index contributed by atoms with van der Waals surface area (Å²) < 4.78 is 14.3. The van der Waals surface area contributed by atoms with E-state index in [2.05, 4.69) is 4.98 Å². The van der Waals surface area contributed by atoms with E-state index in [-0.39, 0.29) is 5.82 Å². The highest BCUT2D eigenvalue weighted by Crippen LogP contribution is 2.35. The molecule has 3 rings (SSSR count). The SMILES string of the molecule is CN(c1c(F)cc(N)c2cccnc12)C1CCCC1. The molecule has 0 bridgehead atoms. The van der Waals surface area contributed by atoms with Crippen molar-refractivity contribution in [3.63, 3.8) is 0 Å². The van der Waals surface area contributed by atoms with Gasteiger partial charge in [-0.2, -0.15) is 0 Å². The van der Waals surface area contributed by atoms with Crippen LogP contribution in [0.5, 0.6) is 0 Å². The zero-order valence-corrected chi connectivity index (χ0v) is 11.1. The summed E-state index contributed by atoms with van der Waals surface area (Å²) >= 11 is 0. The molecular formula is C15H18FN3. The average molecular weight is 259 g/mol. The fraction of sp³-hybridized carbons (Fsp3) is 0.400. The van der Waals surface area contributed by atoms with E-state index in [4.69, 9.17) is 5.73 Å². The van der Waals surface area contributed by atoms with Crippen molar-refractivity contribution in [1.82, 2.24) is 4.98 Å². The predicted molar refractivity (Wildman–Crippen MR) is 76.8 cm³/mol. The number of hydrogen-bond acceptors (Lipinski definition) is 3. The zero-order chi connectivity index (χ0) is 13.4. The molecular weight excluding hydrogens is 241 g/mol. The van der Waals surface area contributed by atoms with Gasteiger partial charge in [0.25, 0.3) is 0 Å². The Hall–Kier alpha value is -1.84. The van der Waals surface area contributed by atoms with Crippen molar-refractivity contribution >= 4 is 22.3 Å². The van der Waals surface area contributed by atoms with Gasteiger partial charge in [0.2, 0.25) is 0 Å². The molecule has 0 atom stereocenters. The van der Waals surface area contributed by atoms with Crippen LogP contribution in [0.2, 0.25) is 0 Å². The second kappa shape index (κ2) is 4.68. The van der Waals surface area contributed by atoms with Crippen LogP contribution in [0, 0.1) is 5.82 Å². The predicted octanol–water partition coefficient (Wildman–Crippen LogP) is 3.33. The fourth-order valence-corrected chi connectivity index (χ4v) is 3.03. The van der Waals surface area contributed by atoms with E-state index in [1.807, 2.05) is 24.1 Å². The third-order valence-corrected chi connectivity index (χ3v) is 4.08. The van der Waals surface area contributed by atoms with Crippen LogP contribution in [-0.4, -0.2) is 18.1 Å². The lowest BCUT2D eigenvalue weighted by molar-refractivity contribution is 0.598. The van der Waals surface area contributed by atoms with Crippen LogP contribution < -0.4 is 10.6 Å². The van der Waals surface area contributed by atoms with Gasteiger partial charge in [-0.25, -0.2) is 4.39 Å². The minimum absolute atomic E-state index is 0.280. The van der Waals surface area contributed by atoms with Crippen molar-refractivity contribution in [3.8, 4) is 0 Å². The van der Waals surface area contributed by atoms with Crippen molar-refractivity contribution in [1.29, 1.82) is 0 Å². The lowest BCUT2D eigenvalue weighted by Crippen LogP contribution is -2.30. The molecule has 1 aliphatic rings. The Morgan fingerprint density at radius 3 is 2.84 bits per heavy atom. The maximum absolute atomic E-state index is 14.3. The zero-order valence-electron chi connectivity index (χ0n) is 11.1. The van der Waals surface area contributed by atoms with E-state index in [0.717, 1.165) is 18.2 Å². The first-order chi connectivity index (χ1) is 9.18. The minimum atomic E-state index is -0.280. The maximum atomic E-state index is 14.3. The molecule has 0 aliphatic heterocycles. The molecule has 19 heavy (non-hydrogen) atoms. The summed E-state index contributed by atoms with van der Waals surface area (Å²) in [5, 5.41) is 0.823. The smallest absolute Gasteiger partial charge is 0.150 e. The second-order valence-electron chi connectivity index (χ2n) is 5.24. The second-order valence-corrected chi connectivity index (χ2v) is 5.24. The number of fused-ring (bicyclic) bond motifs is 1. The van der Waals surface area contributed by atoms with Gasteiger partial charge in [0.05, 0.1) is 11.2 Å². The Labute approximate surface area is 112 Å². The van der Waals surface area contributed by atoms with Crippen LogP contribution in [0.4, 0.5) is 15.8 Å². The quantitative estimate of drug-likeness (QED) is 0.841. The van der Waals surface area contributed by atoms with Gasteiger partial charge >= 0.3 is 0 Å². The van der Waals surface area contributed by atoms with E-state index in [1.54, 1.807) is 6.20 Å².